The quantitative estimate of drug-likeness (QED) is 0.570. The predicted octanol–water partition coefficient (Wildman–Crippen LogP) is 0.888. The van der Waals surface area contributed by atoms with Crippen molar-refractivity contribution in [3.05, 3.63) is 0 Å². The summed E-state index contributed by atoms with van der Waals surface area (Å²) < 4.78 is 0. The van der Waals surface area contributed by atoms with Crippen molar-refractivity contribution in [2.75, 3.05) is 0 Å². The van der Waals surface area contributed by atoms with E-state index in [1.54, 1.807) is 6.92 Å². The van der Waals surface area contributed by atoms with Gasteiger partial charge in [0, 0.05) is 0 Å². The van der Waals surface area contributed by atoms with Gasteiger partial charge in [0.05, 0.1) is 17.8 Å². The van der Waals surface area contributed by atoms with E-state index >= 15 is 0 Å². The summed E-state index contributed by atoms with van der Waals surface area (Å²) in [6.45, 7) is 1.79. The summed E-state index contributed by atoms with van der Waals surface area (Å²) in [5.41, 5.74) is 0.651. The highest BCUT2D eigenvalue weighted by atomic mass is 16.2. The molecule has 66 valence electrons. The fourth-order valence-corrected chi connectivity index (χ4v) is 2.01. The number of nitrogens with one attached hydrogen (secondary N) is 1. The number of aliphatic imine (C=N–C) groups is 1. The molecule has 0 aromatic heterocycles. The average Bonchev–Trinajstić information content (AvgIpc) is 2.07. The zero-order valence-electron chi connectivity index (χ0n) is 7.34. The van der Waals surface area contributed by atoms with E-state index in [0.29, 0.717) is 17.8 Å². The van der Waals surface area contributed by atoms with Gasteiger partial charge in [0.1, 0.15) is 0 Å². The Morgan fingerprint density at radius 2 is 2.17 bits per heavy atom. The van der Waals surface area contributed by atoms with Crippen molar-refractivity contribution in [1.82, 2.24) is 5.32 Å². The minimum Gasteiger partial charge on any atom is -0.346 e. The van der Waals surface area contributed by atoms with Gasteiger partial charge in [0.15, 0.2) is 0 Å². The molecule has 12 heavy (non-hydrogen) atoms. The fraction of sp³-hybridized carbons (Fsp3) is 0.778. The van der Waals surface area contributed by atoms with Crippen LogP contribution in [0, 0.1) is 0 Å². The zero-order chi connectivity index (χ0) is 8.55. The van der Waals surface area contributed by atoms with Gasteiger partial charge in [0.25, 0.3) is 5.91 Å². The monoisotopic (exact) mass is 166 g/mol. The van der Waals surface area contributed by atoms with Gasteiger partial charge in [0.2, 0.25) is 0 Å². The van der Waals surface area contributed by atoms with E-state index in [-0.39, 0.29) is 5.91 Å². The van der Waals surface area contributed by atoms with E-state index in [2.05, 4.69) is 10.3 Å². The second-order valence-corrected chi connectivity index (χ2v) is 3.65. The van der Waals surface area contributed by atoms with Gasteiger partial charge in [-0.3, -0.25) is 9.79 Å². The Labute approximate surface area is 72.3 Å². The third kappa shape index (κ3) is 1.24. The van der Waals surface area contributed by atoms with Gasteiger partial charge in [-0.2, -0.15) is 0 Å². The lowest BCUT2D eigenvalue weighted by Gasteiger charge is -2.33. The molecule has 0 spiro atoms. The lowest BCUT2D eigenvalue weighted by atomic mass is 9.89. The maximum Gasteiger partial charge on any atom is 0.265 e. The number of nitrogens with zero attached hydrogens (tertiary/aromatic N) is 1. The molecular formula is C9H14N2O. The summed E-state index contributed by atoms with van der Waals surface area (Å²) in [6.07, 6.45) is 4.74. The Balaban J connectivity index is 2.17. The molecule has 1 aliphatic carbocycles. The van der Waals surface area contributed by atoms with E-state index in [9.17, 15) is 4.79 Å². The summed E-state index contributed by atoms with van der Waals surface area (Å²) in [6, 6.07) is 0.700. The molecule has 2 aliphatic rings. The molecule has 0 saturated heterocycles. The van der Waals surface area contributed by atoms with E-state index in [1.807, 2.05) is 0 Å². The fourth-order valence-electron chi connectivity index (χ4n) is 2.01. The Bertz CT molecular complexity index is 235. The Morgan fingerprint density at radius 3 is 3.00 bits per heavy atom. The van der Waals surface area contributed by atoms with Crippen molar-refractivity contribution < 1.29 is 4.79 Å². The molecule has 0 bridgehead atoms. The topological polar surface area (TPSA) is 41.5 Å². The van der Waals surface area contributed by atoms with Crippen LogP contribution in [0.3, 0.4) is 0 Å². The number of hydrogen-bond donors (Lipinski definition) is 1. The molecule has 0 radical (unpaired) electrons. The standard InChI is InChI=1S/C9H14N2O/c1-6-9(12)11-8-5-3-2-4-7(8)10-6/h7-8H,2-5H2,1H3,(H,11,12)/t7-,8-/m0/s1. The molecule has 1 N–H and O–H groups in total. The summed E-state index contributed by atoms with van der Waals surface area (Å²) in [4.78, 5) is 15.6. The number of carbonyl (C=O) groups excluding carboxylic acids is 1. The summed E-state index contributed by atoms with van der Waals surface area (Å²) in [5.74, 6) is 0.0261. The van der Waals surface area contributed by atoms with E-state index in [1.165, 1.54) is 12.8 Å². The largest absolute Gasteiger partial charge is 0.346 e. The maximum absolute atomic E-state index is 11.2. The van der Waals surface area contributed by atoms with Crippen LogP contribution in [0.15, 0.2) is 4.99 Å². The minimum atomic E-state index is 0.0261. The summed E-state index contributed by atoms with van der Waals surface area (Å²) in [7, 11) is 0. The molecule has 2 atom stereocenters. The highest BCUT2D eigenvalue weighted by Gasteiger charge is 2.30. The lowest BCUT2D eigenvalue weighted by molar-refractivity contribution is -0.116. The van der Waals surface area contributed by atoms with Gasteiger partial charge in [-0.25, -0.2) is 0 Å². The number of amides is 1. The van der Waals surface area contributed by atoms with Crippen LogP contribution in [-0.2, 0) is 4.79 Å². The summed E-state index contributed by atoms with van der Waals surface area (Å²) in [5, 5.41) is 3.00. The van der Waals surface area contributed by atoms with Crippen molar-refractivity contribution >= 4 is 11.6 Å². The molecule has 1 fully saturated rings. The highest BCUT2D eigenvalue weighted by Crippen LogP contribution is 2.23. The van der Waals surface area contributed by atoms with Crippen LogP contribution in [0.4, 0.5) is 0 Å². The van der Waals surface area contributed by atoms with Crippen molar-refractivity contribution in [2.45, 2.75) is 44.7 Å². The minimum absolute atomic E-state index is 0.0261. The summed E-state index contributed by atoms with van der Waals surface area (Å²) >= 11 is 0. The highest BCUT2D eigenvalue weighted by molar-refractivity contribution is 6.38. The molecular weight excluding hydrogens is 152 g/mol. The maximum atomic E-state index is 11.2. The van der Waals surface area contributed by atoms with Gasteiger partial charge in [-0.1, -0.05) is 12.8 Å². The van der Waals surface area contributed by atoms with E-state index < -0.39 is 0 Å². The molecule has 3 nitrogen and oxygen atoms in total. The second-order valence-electron chi connectivity index (χ2n) is 3.65. The molecule has 1 heterocycles. The van der Waals surface area contributed by atoms with Crippen molar-refractivity contribution in [3.8, 4) is 0 Å². The normalized spacial score (nSPS) is 35.1. The first-order valence-corrected chi connectivity index (χ1v) is 4.62. The molecule has 2 rings (SSSR count). The lowest BCUT2D eigenvalue weighted by Crippen LogP contribution is -2.50. The molecule has 0 unspecified atom stereocenters. The first-order chi connectivity index (χ1) is 5.77. The predicted molar refractivity (Wildman–Crippen MR) is 47.3 cm³/mol. The molecule has 3 heteroatoms. The first-order valence-electron chi connectivity index (χ1n) is 4.62. The SMILES string of the molecule is CC1=N[C@H]2CCCC[C@@H]2NC1=O. The number of rotatable bonds is 0. The molecule has 1 aliphatic heterocycles. The van der Waals surface area contributed by atoms with Crippen LogP contribution in [0.2, 0.25) is 0 Å². The van der Waals surface area contributed by atoms with Gasteiger partial charge < -0.3 is 5.32 Å². The third-order valence-corrected chi connectivity index (χ3v) is 2.73. The number of carbonyl (C=O) groups is 1. The van der Waals surface area contributed by atoms with Gasteiger partial charge in [-0.05, 0) is 19.8 Å². The van der Waals surface area contributed by atoms with Crippen LogP contribution in [0.5, 0.6) is 0 Å². The molecule has 1 saturated carbocycles. The second kappa shape index (κ2) is 2.88. The van der Waals surface area contributed by atoms with Crippen LogP contribution in [0.1, 0.15) is 32.6 Å². The first kappa shape index (κ1) is 7.77. The third-order valence-electron chi connectivity index (χ3n) is 2.73. The zero-order valence-corrected chi connectivity index (χ0v) is 7.34. The Morgan fingerprint density at radius 1 is 1.42 bits per heavy atom. The van der Waals surface area contributed by atoms with Crippen LogP contribution < -0.4 is 5.32 Å². The molecule has 1 amide bonds. The number of hydrogen-bond acceptors (Lipinski definition) is 2. The smallest absolute Gasteiger partial charge is 0.265 e. The number of fused-ring (bicyclic) bond motifs is 1. The van der Waals surface area contributed by atoms with Crippen LogP contribution in [-0.4, -0.2) is 23.7 Å². The van der Waals surface area contributed by atoms with E-state index in [0.717, 1.165) is 12.8 Å². The molecule has 0 aromatic carbocycles. The van der Waals surface area contributed by atoms with Gasteiger partial charge in [-0.15, -0.1) is 0 Å². The van der Waals surface area contributed by atoms with Crippen molar-refractivity contribution in [3.63, 3.8) is 0 Å². The Kier molecular flexibility index (Phi) is 1.87. The van der Waals surface area contributed by atoms with Crippen molar-refractivity contribution in [1.29, 1.82) is 0 Å². The molecule has 0 aromatic rings. The van der Waals surface area contributed by atoms with Gasteiger partial charge >= 0.3 is 0 Å². The Hall–Kier alpha value is -0.860. The van der Waals surface area contributed by atoms with Crippen LogP contribution >= 0.6 is 0 Å². The van der Waals surface area contributed by atoms with Crippen LogP contribution in [0.25, 0.3) is 0 Å². The van der Waals surface area contributed by atoms with Crippen molar-refractivity contribution in [2.24, 2.45) is 4.99 Å². The average molecular weight is 166 g/mol. The van der Waals surface area contributed by atoms with E-state index in [4.69, 9.17) is 0 Å².